The Balaban J connectivity index is 1.25. The van der Waals surface area contributed by atoms with Gasteiger partial charge in [0.05, 0.1) is 11.0 Å². The summed E-state index contributed by atoms with van der Waals surface area (Å²) in [6.07, 6.45) is 1.57. The second kappa shape index (κ2) is 8.91. The van der Waals surface area contributed by atoms with Crippen LogP contribution in [0.2, 0.25) is 0 Å². The molecule has 5 aromatic rings. The van der Waals surface area contributed by atoms with E-state index in [2.05, 4.69) is 67.8 Å². The first-order chi connectivity index (χ1) is 17.4. The second-order valence-electron chi connectivity index (χ2n) is 9.69. The summed E-state index contributed by atoms with van der Waals surface area (Å²) in [7, 11) is 4.26. The van der Waals surface area contributed by atoms with Crippen LogP contribution in [0.5, 0.6) is 0 Å². The summed E-state index contributed by atoms with van der Waals surface area (Å²) in [5.41, 5.74) is 4.50. The largest absolute Gasteiger partial charge is 0.370 e. The van der Waals surface area contributed by atoms with E-state index < -0.39 is 11.6 Å². The molecular formula is C27H27F2N7. The van der Waals surface area contributed by atoms with Gasteiger partial charge in [-0.25, -0.2) is 8.78 Å². The lowest BCUT2D eigenvalue weighted by Gasteiger charge is -2.21. The Labute approximate surface area is 207 Å². The highest BCUT2D eigenvalue weighted by Gasteiger charge is 2.24. The Bertz CT molecular complexity index is 1530. The molecule has 0 saturated carbocycles. The fraction of sp³-hybridized carbons (Fsp3) is 0.259. The number of aromatic nitrogens is 4. The number of H-pyrrole nitrogens is 2. The van der Waals surface area contributed by atoms with Crippen molar-refractivity contribution in [3.05, 3.63) is 77.4 Å². The quantitative estimate of drug-likeness (QED) is 0.307. The number of anilines is 3. The van der Waals surface area contributed by atoms with Gasteiger partial charge in [-0.1, -0.05) is 6.07 Å². The van der Waals surface area contributed by atoms with E-state index in [0.29, 0.717) is 29.7 Å². The number of aromatic amines is 2. The molecule has 0 radical (unpaired) electrons. The van der Waals surface area contributed by atoms with E-state index in [-0.39, 0.29) is 0 Å². The molecule has 7 nitrogen and oxygen atoms in total. The van der Waals surface area contributed by atoms with Gasteiger partial charge in [-0.05, 0) is 80.5 Å². The van der Waals surface area contributed by atoms with E-state index >= 15 is 0 Å². The Morgan fingerprint density at radius 1 is 0.889 bits per heavy atom. The molecule has 0 aliphatic carbocycles. The normalized spacial score (nSPS) is 16.0. The van der Waals surface area contributed by atoms with Gasteiger partial charge in [0.1, 0.15) is 11.6 Å². The second-order valence-corrected chi connectivity index (χ2v) is 9.69. The lowest BCUT2D eigenvalue weighted by molar-refractivity contribution is 0.315. The minimum Gasteiger partial charge on any atom is -0.370 e. The standard InChI is InChI=1S/C27H27F2N7/c1-35(2)21-7-8-36(15-21)20-4-5-22-25(14-20)32-33-26(22)30-27-23-12-16(3-6-24(23)31-34-27)9-17-10-18(28)13-19(29)11-17/h3-6,10-14,21H,7-9,15H2,1-2H3,(H3,30,31,32,33,34). The van der Waals surface area contributed by atoms with E-state index in [1.807, 2.05) is 18.2 Å². The molecule has 6 rings (SSSR count). The van der Waals surface area contributed by atoms with Gasteiger partial charge in [-0.15, -0.1) is 0 Å². The molecular weight excluding hydrogens is 460 g/mol. The fourth-order valence-electron chi connectivity index (χ4n) is 5.02. The van der Waals surface area contributed by atoms with Gasteiger partial charge in [0.15, 0.2) is 11.6 Å². The molecule has 3 heterocycles. The average molecular weight is 488 g/mol. The van der Waals surface area contributed by atoms with Crippen molar-refractivity contribution in [1.82, 2.24) is 25.3 Å². The predicted molar refractivity (Wildman–Crippen MR) is 139 cm³/mol. The summed E-state index contributed by atoms with van der Waals surface area (Å²) in [6.45, 7) is 2.05. The fourth-order valence-corrected chi connectivity index (χ4v) is 5.02. The minimum absolute atomic E-state index is 0.411. The molecule has 1 atom stereocenters. The average Bonchev–Trinajstić information content (AvgIpc) is 3.58. The highest BCUT2D eigenvalue weighted by atomic mass is 19.1. The van der Waals surface area contributed by atoms with Gasteiger partial charge in [-0.2, -0.15) is 10.2 Å². The molecule has 1 aliphatic rings. The van der Waals surface area contributed by atoms with Crippen molar-refractivity contribution in [2.45, 2.75) is 18.9 Å². The zero-order valence-corrected chi connectivity index (χ0v) is 20.1. The number of nitrogens with one attached hydrogen (secondary N) is 3. The number of fused-ring (bicyclic) bond motifs is 2. The minimum atomic E-state index is -0.576. The van der Waals surface area contributed by atoms with Crippen LogP contribution in [0, 0.1) is 11.6 Å². The highest BCUT2D eigenvalue weighted by molar-refractivity contribution is 5.97. The Morgan fingerprint density at radius 2 is 1.64 bits per heavy atom. The van der Waals surface area contributed by atoms with Gasteiger partial charge >= 0.3 is 0 Å². The molecule has 3 N–H and O–H groups in total. The van der Waals surface area contributed by atoms with Crippen molar-refractivity contribution in [2.24, 2.45) is 0 Å². The van der Waals surface area contributed by atoms with E-state index in [1.165, 1.54) is 17.8 Å². The van der Waals surface area contributed by atoms with Crippen molar-refractivity contribution >= 4 is 39.1 Å². The van der Waals surface area contributed by atoms with E-state index in [4.69, 9.17) is 0 Å². The first-order valence-corrected chi connectivity index (χ1v) is 12.0. The zero-order valence-electron chi connectivity index (χ0n) is 20.1. The van der Waals surface area contributed by atoms with Crippen LogP contribution in [-0.4, -0.2) is 58.5 Å². The summed E-state index contributed by atoms with van der Waals surface area (Å²) in [5.74, 6) is 0.179. The molecule has 3 aromatic carbocycles. The first-order valence-electron chi connectivity index (χ1n) is 12.0. The lowest BCUT2D eigenvalue weighted by atomic mass is 10.0. The number of nitrogens with zero attached hydrogens (tertiary/aromatic N) is 4. The maximum absolute atomic E-state index is 13.6. The smallest absolute Gasteiger partial charge is 0.161 e. The van der Waals surface area contributed by atoms with Gasteiger partial charge in [-0.3, -0.25) is 10.2 Å². The summed E-state index contributed by atoms with van der Waals surface area (Å²) < 4.78 is 27.2. The molecule has 1 fully saturated rings. The van der Waals surface area contributed by atoms with Crippen molar-refractivity contribution in [3.63, 3.8) is 0 Å². The van der Waals surface area contributed by atoms with Crippen LogP contribution < -0.4 is 10.2 Å². The van der Waals surface area contributed by atoms with Gasteiger partial charge in [0, 0.05) is 41.7 Å². The van der Waals surface area contributed by atoms with Crippen molar-refractivity contribution < 1.29 is 8.78 Å². The number of benzene rings is 3. The molecule has 0 spiro atoms. The maximum atomic E-state index is 13.6. The predicted octanol–water partition coefficient (Wildman–Crippen LogP) is 5.19. The van der Waals surface area contributed by atoms with Crippen molar-refractivity contribution in [1.29, 1.82) is 0 Å². The summed E-state index contributed by atoms with van der Waals surface area (Å²) in [6, 6.07) is 16.4. The third-order valence-electron chi connectivity index (χ3n) is 7.00. The van der Waals surface area contributed by atoms with E-state index in [1.54, 1.807) is 0 Å². The highest BCUT2D eigenvalue weighted by Crippen LogP contribution is 2.31. The Kier molecular flexibility index (Phi) is 5.56. The lowest BCUT2D eigenvalue weighted by Crippen LogP contribution is -2.31. The molecule has 9 heteroatoms. The van der Waals surface area contributed by atoms with Crippen LogP contribution in [0.4, 0.5) is 26.1 Å². The third kappa shape index (κ3) is 4.26. The number of likely N-dealkylation sites (N-methyl/N-ethyl adjacent to an activating group) is 1. The molecule has 0 amide bonds. The van der Waals surface area contributed by atoms with Crippen LogP contribution in [0.3, 0.4) is 0 Å². The number of rotatable bonds is 6. The van der Waals surface area contributed by atoms with Crippen LogP contribution in [-0.2, 0) is 6.42 Å². The Morgan fingerprint density at radius 3 is 2.39 bits per heavy atom. The van der Waals surface area contributed by atoms with Gasteiger partial charge in [0.2, 0.25) is 0 Å². The van der Waals surface area contributed by atoms with E-state index in [0.717, 1.165) is 52.9 Å². The molecule has 184 valence electrons. The summed E-state index contributed by atoms with van der Waals surface area (Å²) in [5, 5.41) is 20.3. The van der Waals surface area contributed by atoms with Crippen molar-refractivity contribution in [3.8, 4) is 0 Å². The molecule has 36 heavy (non-hydrogen) atoms. The van der Waals surface area contributed by atoms with Gasteiger partial charge in [0.25, 0.3) is 0 Å². The van der Waals surface area contributed by atoms with E-state index in [9.17, 15) is 8.78 Å². The zero-order chi connectivity index (χ0) is 24.8. The molecule has 2 aromatic heterocycles. The molecule has 0 bridgehead atoms. The van der Waals surface area contributed by atoms with Gasteiger partial charge < -0.3 is 15.1 Å². The van der Waals surface area contributed by atoms with Crippen LogP contribution in [0.25, 0.3) is 21.8 Å². The number of hydrogen-bond donors (Lipinski definition) is 3. The van der Waals surface area contributed by atoms with Crippen molar-refractivity contribution in [2.75, 3.05) is 37.4 Å². The first kappa shape index (κ1) is 22.5. The van der Waals surface area contributed by atoms with Crippen LogP contribution in [0.15, 0.2) is 54.6 Å². The van der Waals surface area contributed by atoms with Crippen LogP contribution in [0.1, 0.15) is 17.5 Å². The molecule has 1 saturated heterocycles. The topological polar surface area (TPSA) is 75.9 Å². The summed E-state index contributed by atoms with van der Waals surface area (Å²) >= 11 is 0. The third-order valence-corrected chi connectivity index (χ3v) is 7.00. The monoisotopic (exact) mass is 487 g/mol. The summed E-state index contributed by atoms with van der Waals surface area (Å²) in [4.78, 5) is 4.69. The SMILES string of the molecule is CN(C)C1CCN(c2ccc3c(Nc4n[nH]c5ccc(Cc6cc(F)cc(F)c6)cc45)n[nH]c3c2)C1. The number of hydrogen-bond acceptors (Lipinski definition) is 5. The molecule has 1 aliphatic heterocycles. The number of halogens is 2. The Hall–Kier alpha value is -3.98. The maximum Gasteiger partial charge on any atom is 0.161 e. The van der Waals surface area contributed by atoms with Crippen LogP contribution >= 0.6 is 0 Å². The molecule has 1 unspecified atom stereocenters.